The number of hydrogen-bond acceptors (Lipinski definition) is 1. The molecule has 0 bridgehead atoms. The highest BCUT2D eigenvalue weighted by Gasteiger charge is 2.05. The molecule has 0 aromatic heterocycles. The fourth-order valence-electron chi connectivity index (χ4n) is 1.60. The summed E-state index contributed by atoms with van der Waals surface area (Å²) in [4.78, 5) is 0. The van der Waals surface area contributed by atoms with E-state index >= 15 is 0 Å². The van der Waals surface area contributed by atoms with Crippen molar-refractivity contribution >= 4 is 0 Å². The summed E-state index contributed by atoms with van der Waals surface area (Å²) >= 11 is 0. The number of allylic oxidation sites excluding steroid dienone is 1. The van der Waals surface area contributed by atoms with Gasteiger partial charge in [-0.1, -0.05) is 31.9 Å². The lowest BCUT2D eigenvalue weighted by Crippen LogP contribution is -2.19. The fourth-order valence-corrected chi connectivity index (χ4v) is 1.60. The molecule has 11 heavy (non-hydrogen) atoms. The first-order valence-corrected chi connectivity index (χ1v) is 4.63. The predicted octanol–water partition coefficient (Wildman–Crippen LogP) is 2.86. The van der Waals surface area contributed by atoms with Gasteiger partial charge in [-0.05, 0) is 26.2 Å². The van der Waals surface area contributed by atoms with Gasteiger partial charge in [-0.25, -0.2) is 0 Å². The van der Waals surface area contributed by atoms with E-state index in [1.165, 1.54) is 5.57 Å². The van der Waals surface area contributed by atoms with Crippen LogP contribution in [0.2, 0.25) is 0 Å². The van der Waals surface area contributed by atoms with Gasteiger partial charge in [0.1, 0.15) is 0 Å². The van der Waals surface area contributed by atoms with Crippen molar-refractivity contribution in [2.24, 2.45) is 5.73 Å². The minimum Gasteiger partial charge on any atom is -0.324 e. The van der Waals surface area contributed by atoms with Gasteiger partial charge in [-0.3, -0.25) is 0 Å². The van der Waals surface area contributed by atoms with Crippen molar-refractivity contribution in [3.05, 3.63) is 11.1 Å². The molecule has 1 unspecified atom stereocenters. The van der Waals surface area contributed by atoms with Crippen molar-refractivity contribution < 1.29 is 0 Å². The third kappa shape index (κ3) is 3.06. The molecule has 66 valence electrons. The molecule has 1 heteroatoms. The van der Waals surface area contributed by atoms with Crippen LogP contribution in [0.1, 0.15) is 47.0 Å². The van der Waals surface area contributed by atoms with Gasteiger partial charge in [-0.2, -0.15) is 0 Å². The molecule has 1 nitrogen and oxygen atoms in total. The molecule has 0 rings (SSSR count). The summed E-state index contributed by atoms with van der Waals surface area (Å²) in [5, 5.41) is 0. The van der Waals surface area contributed by atoms with Crippen LogP contribution in [0.4, 0.5) is 0 Å². The molecule has 0 saturated heterocycles. The number of rotatable bonds is 4. The largest absolute Gasteiger partial charge is 0.324 e. The molecule has 0 aliphatic rings. The highest BCUT2D eigenvalue weighted by Crippen LogP contribution is 2.17. The monoisotopic (exact) mass is 155 g/mol. The lowest BCUT2D eigenvalue weighted by Gasteiger charge is -2.14. The average Bonchev–Trinajstić information content (AvgIpc) is 1.99. The van der Waals surface area contributed by atoms with Crippen molar-refractivity contribution in [1.82, 2.24) is 0 Å². The molecule has 0 saturated carbocycles. The Labute approximate surface area is 70.7 Å². The second-order valence-electron chi connectivity index (χ2n) is 2.98. The van der Waals surface area contributed by atoms with E-state index in [4.69, 9.17) is 5.73 Å². The Kier molecular flexibility index (Phi) is 5.22. The van der Waals surface area contributed by atoms with Gasteiger partial charge < -0.3 is 5.73 Å². The van der Waals surface area contributed by atoms with Crippen LogP contribution >= 0.6 is 0 Å². The summed E-state index contributed by atoms with van der Waals surface area (Å²) in [6, 6.07) is 0.245. The third-order valence-corrected chi connectivity index (χ3v) is 2.24. The van der Waals surface area contributed by atoms with Gasteiger partial charge in [0.2, 0.25) is 0 Å². The Morgan fingerprint density at radius 3 is 1.64 bits per heavy atom. The Balaban J connectivity index is 4.48. The minimum absolute atomic E-state index is 0.245. The molecule has 2 N–H and O–H groups in total. The van der Waals surface area contributed by atoms with Crippen LogP contribution in [0.5, 0.6) is 0 Å². The average molecular weight is 155 g/mol. The van der Waals surface area contributed by atoms with E-state index < -0.39 is 0 Å². The van der Waals surface area contributed by atoms with Crippen LogP contribution in [-0.2, 0) is 0 Å². The summed E-state index contributed by atoms with van der Waals surface area (Å²) < 4.78 is 0. The first kappa shape index (κ1) is 10.7. The standard InChI is InChI=1S/C10H21N/c1-5-9(6-2)10(7-3)8(4)11/h8H,5-7,11H2,1-4H3. The molecular formula is C10H21N. The Morgan fingerprint density at radius 2 is 1.55 bits per heavy atom. The van der Waals surface area contributed by atoms with E-state index in [-0.39, 0.29) is 6.04 Å². The van der Waals surface area contributed by atoms with E-state index in [1.807, 2.05) is 0 Å². The van der Waals surface area contributed by atoms with Gasteiger partial charge in [0.05, 0.1) is 0 Å². The molecule has 1 atom stereocenters. The highest BCUT2D eigenvalue weighted by atomic mass is 14.6. The molecule has 0 aromatic carbocycles. The van der Waals surface area contributed by atoms with Crippen LogP contribution in [0, 0.1) is 0 Å². The molecule has 0 aliphatic carbocycles. The summed E-state index contributed by atoms with van der Waals surface area (Å²) in [7, 11) is 0. The van der Waals surface area contributed by atoms with E-state index in [0.717, 1.165) is 19.3 Å². The third-order valence-electron chi connectivity index (χ3n) is 2.24. The molecule has 0 amide bonds. The zero-order valence-electron chi connectivity index (χ0n) is 8.28. The molecule has 0 fully saturated rings. The molecule has 0 heterocycles. The number of nitrogens with two attached hydrogens (primary N) is 1. The van der Waals surface area contributed by atoms with Gasteiger partial charge in [0.15, 0.2) is 0 Å². The topological polar surface area (TPSA) is 26.0 Å². The van der Waals surface area contributed by atoms with Gasteiger partial charge in [-0.15, -0.1) is 0 Å². The van der Waals surface area contributed by atoms with Crippen molar-refractivity contribution in [3.63, 3.8) is 0 Å². The van der Waals surface area contributed by atoms with Gasteiger partial charge in [0.25, 0.3) is 0 Å². The van der Waals surface area contributed by atoms with Crippen LogP contribution in [-0.4, -0.2) is 6.04 Å². The molecule has 0 spiro atoms. The van der Waals surface area contributed by atoms with Gasteiger partial charge >= 0.3 is 0 Å². The van der Waals surface area contributed by atoms with Gasteiger partial charge in [0, 0.05) is 6.04 Å². The second-order valence-corrected chi connectivity index (χ2v) is 2.98. The first-order valence-electron chi connectivity index (χ1n) is 4.63. The lowest BCUT2D eigenvalue weighted by molar-refractivity contribution is 0.769. The Hall–Kier alpha value is -0.300. The fraction of sp³-hybridized carbons (Fsp3) is 0.800. The van der Waals surface area contributed by atoms with Crippen LogP contribution in [0.3, 0.4) is 0 Å². The SMILES string of the molecule is CCC(CC)=C(CC)C(C)N. The molecule has 0 aromatic rings. The summed E-state index contributed by atoms with van der Waals surface area (Å²) in [6.45, 7) is 8.67. The van der Waals surface area contributed by atoms with E-state index in [2.05, 4.69) is 27.7 Å². The molecule has 0 aliphatic heterocycles. The minimum atomic E-state index is 0.245. The summed E-state index contributed by atoms with van der Waals surface area (Å²) in [5.74, 6) is 0. The van der Waals surface area contributed by atoms with Crippen LogP contribution in [0.15, 0.2) is 11.1 Å². The van der Waals surface area contributed by atoms with Crippen molar-refractivity contribution in [2.45, 2.75) is 53.0 Å². The second kappa shape index (κ2) is 5.36. The molecular weight excluding hydrogens is 134 g/mol. The molecule has 0 radical (unpaired) electrons. The normalized spacial score (nSPS) is 12.8. The Morgan fingerprint density at radius 1 is 1.09 bits per heavy atom. The maximum Gasteiger partial charge on any atom is 0.0227 e. The maximum atomic E-state index is 5.84. The summed E-state index contributed by atoms with van der Waals surface area (Å²) in [5.41, 5.74) is 8.84. The smallest absolute Gasteiger partial charge is 0.0227 e. The zero-order chi connectivity index (χ0) is 8.85. The van der Waals surface area contributed by atoms with Crippen molar-refractivity contribution in [3.8, 4) is 0 Å². The van der Waals surface area contributed by atoms with Crippen LogP contribution in [0.25, 0.3) is 0 Å². The lowest BCUT2D eigenvalue weighted by atomic mass is 9.96. The zero-order valence-corrected chi connectivity index (χ0v) is 8.28. The Bertz CT molecular complexity index is 128. The van der Waals surface area contributed by atoms with Crippen molar-refractivity contribution in [1.29, 1.82) is 0 Å². The van der Waals surface area contributed by atoms with E-state index in [1.54, 1.807) is 5.57 Å². The van der Waals surface area contributed by atoms with Crippen LogP contribution < -0.4 is 5.73 Å². The maximum absolute atomic E-state index is 5.84. The quantitative estimate of drug-likeness (QED) is 0.621. The van der Waals surface area contributed by atoms with Crippen molar-refractivity contribution in [2.75, 3.05) is 0 Å². The number of hydrogen-bond donors (Lipinski definition) is 1. The predicted molar refractivity (Wildman–Crippen MR) is 51.5 cm³/mol. The van der Waals surface area contributed by atoms with E-state index in [0.29, 0.717) is 0 Å². The van der Waals surface area contributed by atoms with E-state index in [9.17, 15) is 0 Å². The highest BCUT2D eigenvalue weighted by molar-refractivity contribution is 5.17. The first-order chi connectivity index (χ1) is 5.17. The summed E-state index contributed by atoms with van der Waals surface area (Å²) in [6.07, 6.45) is 3.41.